The molecular formula is C18H30N2. The van der Waals surface area contributed by atoms with Crippen LogP contribution in [-0.2, 0) is 0 Å². The van der Waals surface area contributed by atoms with Crippen LogP contribution in [0, 0.1) is 0 Å². The van der Waals surface area contributed by atoms with Gasteiger partial charge in [-0.25, -0.2) is 0 Å². The van der Waals surface area contributed by atoms with Crippen molar-refractivity contribution < 1.29 is 0 Å². The van der Waals surface area contributed by atoms with Gasteiger partial charge in [-0.3, -0.25) is 4.90 Å². The number of benzene rings is 1. The monoisotopic (exact) mass is 274 g/mol. The second-order valence-corrected chi connectivity index (χ2v) is 6.62. The summed E-state index contributed by atoms with van der Waals surface area (Å²) in [6, 6.07) is 9.69. The molecule has 1 fully saturated rings. The zero-order valence-corrected chi connectivity index (χ0v) is 13.3. The van der Waals surface area contributed by atoms with Gasteiger partial charge in [0, 0.05) is 18.6 Å². The highest BCUT2D eigenvalue weighted by Gasteiger charge is 2.19. The van der Waals surface area contributed by atoms with Gasteiger partial charge in [0.15, 0.2) is 0 Å². The molecule has 2 rings (SSSR count). The first kappa shape index (κ1) is 15.5. The van der Waals surface area contributed by atoms with Gasteiger partial charge in [-0.15, -0.1) is 0 Å². The Balaban J connectivity index is 1.97. The van der Waals surface area contributed by atoms with Crippen molar-refractivity contribution in [1.82, 2.24) is 4.90 Å². The average Bonchev–Trinajstić information content (AvgIpc) is 2.64. The molecule has 1 aliphatic rings. The summed E-state index contributed by atoms with van der Waals surface area (Å²) in [5, 5.41) is 0. The van der Waals surface area contributed by atoms with E-state index < -0.39 is 0 Å². The van der Waals surface area contributed by atoms with Crippen molar-refractivity contribution in [2.24, 2.45) is 5.73 Å². The van der Waals surface area contributed by atoms with Gasteiger partial charge in [0.1, 0.15) is 0 Å². The quantitative estimate of drug-likeness (QED) is 0.896. The van der Waals surface area contributed by atoms with Crippen LogP contribution in [0.15, 0.2) is 24.3 Å². The molecule has 0 spiro atoms. The molecule has 112 valence electrons. The van der Waals surface area contributed by atoms with Crippen molar-refractivity contribution in [3.8, 4) is 0 Å². The zero-order chi connectivity index (χ0) is 14.5. The minimum atomic E-state index is 0.136. The van der Waals surface area contributed by atoms with Gasteiger partial charge in [0.05, 0.1) is 0 Å². The molecule has 0 aromatic heterocycles. The molecule has 2 heteroatoms. The molecule has 2 atom stereocenters. The van der Waals surface area contributed by atoms with Gasteiger partial charge < -0.3 is 5.73 Å². The number of hydrogen-bond donors (Lipinski definition) is 1. The molecule has 0 amide bonds. The van der Waals surface area contributed by atoms with E-state index in [2.05, 4.69) is 49.9 Å². The fourth-order valence-corrected chi connectivity index (χ4v) is 3.09. The molecule has 1 aliphatic heterocycles. The Morgan fingerprint density at radius 3 is 2.40 bits per heavy atom. The molecule has 0 aliphatic carbocycles. The lowest BCUT2D eigenvalue weighted by molar-refractivity contribution is 0.201. The fraction of sp³-hybridized carbons (Fsp3) is 0.667. The van der Waals surface area contributed by atoms with Crippen LogP contribution in [0.2, 0.25) is 0 Å². The van der Waals surface area contributed by atoms with E-state index in [0.29, 0.717) is 12.0 Å². The number of hydrogen-bond acceptors (Lipinski definition) is 2. The second kappa shape index (κ2) is 7.24. The Morgan fingerprint density at radius 2 is 1.75 bits per heavy atom. The molecular weight excluding hydrogens is 244 g/mol. The van der Waals surface area contributed by atoms with Crippen molar-refractivity contribution in [2.45, 2.75) is 64.5 Å². The van der Waals surface area contributed by atoms with Crippen LogP contribution >= 0.6 is 0 Å². The molecule has 1 saturated heterocycles. The van der Waals surface area contributed by atoms with Crippen LogP contribution in [0.3, 0.4) is 0 Å². The Labute approximate surface area is 124 Å². The molecule has 2 unspecified atom stereocenters. The van der Waals surface area contributed by atoms with Gasteiger partial charge >= 0.3 is 0 Å². The molecule has 1 heterocycles. The molecule has 20 heavy (non-hydrogen) atoms. The number of likely N-dealkylation sites (tertiary alicyclic amines) is 1. The summed E-state index contributed by atoms with van der Waals surface area (Å²) in [5.41, 5.74) is 9.09. The third-order valence-corrected chi connectivity index (χ3v) is 4.65. The largest absolute Gasteiger partial charge is 0.323 e. The summed E-state index contributed by atoms with van der Waals surface area (Å²) in [7, 11) is 0. The lowest BCUT2D eigenvalue weighted by Crippen LogP contribution is -2.38. The predicted octanol–water partition coefficient (Wildman–Crippen LogP) is 4.07. The summed E-state index contributed by atoms with van der Waals surface area (Å²) >= 11 is 0. The molecule has 1 aromatic carbocycles. The Bertz CT molecular complexity index is 396. The fourth-order valence-electron chi connectivity index (χ4n) is 3.09. The minimum Gasteiger partial charge on any atom is -0.323 e. The van der Waals surface area contributed by atoms with Crippen molar-refractivity contribution in [3.63, 3.8) is 0 Å². The van der Waals surface area contributed by atoms with E-state index in [1.165, 1.54) is 43.4 Å². The van der Waals surface area contributed by atoms with Crippen LogP contribution in [0.1, 0.15) is 69.5 Å². The lowest BCUT2D eigenvalue weighted by Gasteiger charge is -2.29. The topological polar surface area (TPSA) is 29.3 Å². The zero-order valence-electron chi connectivity index (χ0n) is 13.3. The molecule has 2 N–H and O–H groups in total. The molecule has 0 radical (unpaired) electrons. The molecule has 0 bridgehead atoms. The van der Waals surface area contributed by atoms with Gasteiger partial charge in [-0.1, -0.05) is 51.0 Å². The van der Waals surface area contributed by atoms with Crippen LogP contribution in [0.25, 0.3) is 0 Å². The van der Waals surface area contributed by atoms with E-state index in [1.54, 1.807) is 0 Å². The summed E-state index contributed by atoms with van der Waals surface area (Å²) in [6.07, 6.45) is 5.39. The molecule has 0 saturated carbocycles. The molecule has 2 nitrogen and oxygen atoms in total. The van der Waals surface area contributed by atoms with Crippen LogP contribution in [0.4, 0.5) is 0 Å². The Hall–Kier alpha value is -0.860. The van der Waals surface area contributed by atoms with Crippen molar-refractivity contribution in [1.29, 1.82) is 0 Å². The van der Waals surface area contributed by atoms with Crippen molar-refractivity contribution in [2.75, 3.05) is 13.1 Å². The second-order valence-electron chi connectivity index (χ2n) is 6.62. The number of rotatable bonds is 4. The van der Waals surface area contributed by atoms with Gasteiger partial charge in [-0.2, -0.15) is 0 Å². The highest BCUT2D eigenvalue weighted by molar-refractivity contribution is 5.26. The standard InChI is InChI=1S/C18H30N2/c1-14(2)16-8-10-17(11-9-16)18(19)13-20-12-6-4-5-7-15(20)3/h8-11,14-15,18H,4-7,12-13,19H2,1-3H3. The third-order valence-electron chi connectivity index (χ3n) is 4.65. The highest BCUT2D eigenvalue weighted by Crippen LogP contribution is 2.21. The number of nitrogens with two attached hydrogens (primary N) is 1. The first-order valence-corrected chi connectivity index (χ1v) is 8.17. The molecule has 1 aromatic rings. The third kappa shape index (κ3) is 4.07. The maximum Gasteiger partial charge on any atom is 0.0424 e. The average molecular weight is 274 g/mol. The highest BCUT2D eigenvalue weighted by atomic mass is 15.2. The van der Waals surface area contributed by atoms with Crippen molar-refractivity contribution in [3.05, 3.63) is 35.4 Å². The predicted molar refractivity (Wildman–Crippen MR) is 87.0 cm³/mol. The summed E-state index contributed by atoms with van der Waals surface area (Å²) in [6.45, 7) is 9.00. The summed E-state index contributed by atoms with van der Waals surface area (Å²) < 4.78 is 0. The van der Waals surface area contributed by atoms with E-state index in [4.69, 9.17) is 5.73 Å². The van der Waals surface area contributed by atoms with Crippen LogP contribution < -0.4 is 5.73 Å². The van der Waals surface area contributed by atoms with E-state index in [-0.39, 0.29) is 6.04 Å². The maximum absolute atomic E-state index is 6.42. The van der Waals surface area contributed by atoms with Crippen LogP contribution in [0.5, 0.6) is 0 Å². The maximum atomic E-state index is 6.42. The first-order chi connectivity index (χ1) is 9.58. The lowest BCUT2D eigenvalue weighted by atomic mass is 9.99. The first-order valence-electron chi connectivity index (χ1n) is 8.17. The summed E-state index contributed by atoms with van der Waals surface area (Å²) in [5.74, 6) is 0.589. The van der Waals surface area contributed by atoms with Crippen LogP contribution in [-0.4, -0.2) is 24.0 Å². The van der Waals surface area contributed by atoms with Gasteiger partial charge in [0.2, 0.25) is 0 Å². The number of nitrogens with zero attached hydrogens (tertiary/aromatic N) is 1. The smallest absolute Gasteiger partial charge is 0.0424 e. The van der Waals surface area contributed by atoms with E-state index in [1.807, 2.05) is 0 Å². The Morgan fingerprint density at radius 1 is 1.10 bits per heavy atom. The Kier molecular flexibility index (Phi) is 5.62. The van der Waals surface area contributed by atoms with Crippen molar-refractivity contribution >= 4 is 0 Å². The summed E-state index contributed by atoms with van der Waals surface area (Å²) in [4.78, 5) is 2.58. The van der Waals surface area contributed by atoms with E-state index in [9.17, 15) is 0 Å². The van der Waals surface area contributed by atoms with E-state index >= 15 is 0 Å². The minimum absolute atomic E-state index is 0.136. The van der Waals surface area contributed by atoms with Gasteiger partial charge in [0.25, 0.3) is 0 Å². The van der Waals surface area contributed by atoms with E-state index in [0.717, 1.165) is 6.54 Å². The van der Waals surface area contributed by atoms with Gasteiger partial charge in [-0.05, 0) is 43.4 Å². The normalized spacial score (nSPS) is 22.8. The SMILES string of the molecule is CC(C)c1ccc(C(N)CN2CCCCCC2C)cc1.